The van der Waals surface area contributed by atoms with Gasteiger partial charge in [-0.1, -0.05) is 29.8 Å². The van der Waals surface area contributed by atoms with Crippen LogP contribution < -0.4 is 5.32 Å². The first kappa shape index (κ1) is 14.3. The summed E-state index contributed by atoms with van der Waals surface area (Å²) < 4.78 is 13.7. The summed E-state index contributed by atoms with van der Waals surface area (Å²) in [5, 5.41) is 11.9. The number of anilines is 1. The number of hydrogen-bond donors (Lipinski definition) is 2. The fraction of sp³-hybridized carbons (Fsp3) is 0.143. The van der Waals surface area contributed by atoms with Crippen LogP contribution in [0.2, 0.25) is 5.02 Å². The van der Waals surface area contributed by atoms with Crippen molar-refractivity contribution in [3.8, 4) is 0 Å². The summed E-state index contributed by atoms with van der Waals surface area (Å²) in [5.41, 5.74) is 0.399. The molecule has 1 heterocycles. The lowest BCUT2D eigenvalue weighted by Crippen LogP contribution is -2.11. The fourth-order valence-corrected chi connectivity index (χ4v) is 2.07. The summed E-state index contributed by atoms with van der Waals surface area (Å²) in [6.45, 7) is 1.74. The van der Waals surface area contributed by atoms with E-state index in [1.54, 1.807) is 25.1 Å². The highest BCUT2D eigenvalue weighted by atomic mass is 35.5. The number of carboxylic acid groups (broad SMARTS) is 1. The van der Waals surface area contributed by atoms with Crippen molar-refractivity contribution in [2.75, 3.05) is 5.32 Å². The zero-order valence-corrected chi connectivity index (χ0v) is 11.4. The van der Waals surface area contributed by atoms with Crippen LogP contribution in [0.4, 0.5) is 10.2 Å². The highest BCUT2D eigenvalue weighted by Gasteiger charge is 2.16. The smallest absolute Gasteiger partial charge is 0.337 e. The van der Waals surface area contributed by atoms with Gasteiger partial charge in [-0.05, 0) is 19.1 Å². The molecule has 1 aromatic heterocycles. The normalized spacial score (nSPS) is 11.9. The first-order chi connectivity index (χ1) is 9.50. The first-order valence-corrected chi connectivity index (χ1v) is 6.27. The number of carbonyl (C=O) groups is 1. The van der Waals surface area contributed by atoms with Gasteiger partial charge < -0.3 is 10.4 Å². The predicted molar refractivity (Wildman–Crippen MR) is 74.6 cm³/mol. The number of aromatic nitrogens is 1. The van der Waals surface area contributed by atoms with Gasteiger partial charge in [0.25, 0.3) is 0 Å². The molecule has 104 valence electrons. The number of carboxylic acids is 1. The van der Waals surface area contributed by atoms with Gasteiger partial charge in [0.2, 0.25) is 0 Å². The Morgan fingerprint density at radius 2 is 2.10 bits per heavy atom. The van der Waals surface area contributed by atoms with Gasteiger partial charge in [0, 0.05) is 11.8 Å². The van der Waals surface area contributed by atoms with Crippen molar-refractivity contribution in [1.82, 2.24) is 4.98 Å². The summed E-state index contributed by atoms with van der Waals surface area (Å²) in [7, 11) is 0. The van der Waals surface area contributed by atoms with Crippen LogP contribution in [0.25, 0.3) is 0 Å². The van der Waals surface area contributed by atoms with Crippen LogP contribution in [0.5, 0.6) is 0 Å². The largest absolute Gasteiger partial charge is 0.478 e. The summed E-state index contributed by atoms with van der Waals surface area (Å²) in [6.07, 6.45) is 1.34. The Balaban J connectivity index is 2.29. The number of rotatable bonds is 4. The quantitative estimate of drug-likeness (QED) is 0.901. The monoisotopic (exact) mass is 294 g/mol. The molecule has 1 atom stereocenters. The van der Waals surface area contributed by atoms with Gasteiger partial charge in [-0.15, -0.1) is 0 Å². The van der Waals surface area contributed by atoms with Crippen molar-refractivity contribution < 1.29 is 14.3 Å². The van der Waals surface area contributed by atoms with E-state index >= 15 is 0 Å². The molecule has 2 rings (SSSR count). The zero-order chi connectivity index (χ0) is 14.7. The molecule has 0 aliphatic carbocycles. The van der Waals surface area contributed by atoms with E-state index in [0.29, 0.717) is 5.56 Å². The van der Waals surface area contributed by atoms with Gasteiger partial charge >= 0.3 is 5.97 Å². The van der Waals surface area contributed by atoms with Gasteiger partial charge in [0.15, 0.2) is 0 Å². The second-order valence-electron chi connectivity index (χ2n) is 4.21. The molecule has 2 N–H and O–H groups in total. The molecule has 0 aliphatic rings. The van der Waals surface area contributed by atoms with E-state index in [1.807, 2.05) is 0 Å². The van der Waals surface area contributed by atoms with E-state index in [-0.39, 0.29) is 22.2 Å². The number of aromatic carboxylic acids is 1. The van der Waals surface area contributed by atoms with E-state index in [9.17, 15) is 9.18 Å². The van der Waals surface area contributed by atoms with Crippen molar-refractivity contribution in [3.05, 3.63) is 58.5 Å². The average molecular weight is 295 g/mol. The summed E-state index contributed by atoms with van der Waals surface area (Å²) >= 11 is 5.98. The molecular weight excluding hydrogens is 283 g/mol. The van der Waals surface area contributed by atoms with Gasteiger partial charge in [-0.2, -0.15) is 0 Å². The lowest BCUT2D eigenvalue weighted by Gasteiger charge is -2.17. The molecule has 1 unspecified atom stereocenters. The molecule has 0 saturated heterocycles. The summed E-state index contributed by atoms with van der Waals surface area (Å²) in [5.74, 6) is -1.28. The molecule has 1 aromatic carbocycles. The van der Waals surface area contributed by atoms with Crippen molar-refractivity contribution in [3.63, 3.8) is 0 Å². The highest BCUT2D eigenvalue weighted by Crippen LogP contribution is 2.27. The average Bonchev–Trinajstić information content (AvgIpc) is 2.41. The molecule has 0 amide bonds. The number of pyridine rings is 1. The highest BCUT2D eigenvalue weighted by molar-refractivity contribution is 6.35. The van der Waals surface area contributed by atoms with Crippen molar-refractivity contribution >= 4 is 23.4 Å². The third-order valence-electron chi connectivity index (χ3n) is 2.84. The molecular formula is C14H12ClFN2O2. The number of hydrogen-bond acceptors (Lipinski definition) is 3. The lowest BCUT2D eigenvalue weighted by atomic mass is 10.1. The Kier molecular flexibility index (Phi) is 4.20. The van der Waals surface area contributed by atoms with Crippen LogP contribution >= 0.6 is 11.6 Å². The Bertz CT molecular complexity index is 649. The number of nitrogens with one attached hydrogen (secondary N) is 1. The molecule has 20 heavy (non-hydrogen) atoms. The molecule has 0 aliphatic heterocycles. The summed E-state index contributed by atoms with van der Waals surface area (Å²) in [6, 6.07) is 7.23. The molecule has 4 nitrogen and oxygen atoms in total. The van der Waals surface area contributed by atoms with E-state index in [2.05, 4.69) is 10.3 Å². The van der Waals surface area contributed by atoms with Crippen molar-refractivity contribution in [2.45, 2.75) is 13.0 Å². The van der Waals surface area contributed by atoms with Crippen LogP contribution in [0, 0.1) is 5.82 Å². The van der Waals surface area contributed by atoms with Gasteiger partial charge in [-0.3, -0.25) is 0 Å². The predicted octanol–water partition coefficient (Wildman–Crippen LogP) is 3.75. The Hall–Kier alpha value is -2.14. The van der Waals surface area contributed by atoms with Crippen molar-refractivity contribution in [2.24, 2.45) is 0 Å². The molecule has 2 aromatic rings. The van der Waals surface area contributed by atoms with E-state index in [1.165, 1.54) is 18.3 Å². The van der Waals surface area contributed by atoms with Crippen LogP contribution in [0.3, 0.4) is 0 Å². The van der Waals surface area contributed by atoms with E-state index < -0.39 is 12.0 Å². The minimum atomic E-state index is -1.14. The van der Waals surface area contributed by atoms with Gasteiger partial charge in [0.05, 0.1) is 16.6 Å². The number of nitrogens with zero attached hydrogens (tertiary/aromatic N) is 1. The van der Waals surface area contributed by atoms with E-state index in [0.717, 1.165) is 0 Å². The maximum absolute atomic E-state index is 13.7. The zero-order valence-electron chi connectivity index (χ0n) is 10.6. The second-order valence-corrected chi connectivity index (χ2v) is 4.59. The number of benzene rings is 1. The van der Waals surface area contributed by atoms with Crippen LogP contribution in [-0.2, 0) is 0 Å². The minimum Gasteiger partial charge on any atom is -0.478 e. The molecule has 0 saturated carbocycles. The fourth-order valence-electron chi connectivity index (χ4n) is 1.82. The molecule has 0 spiro atoms. The molecule has 0 bridgehead atoms. The third-order valence-corrected chi connectivity index (χ3v) is 3.23. The Morgan fingerprint density at radius 1 is 1.40 bits per heavy atom. The standard InChI is InChI=1S/C14H12ClFN2O2/c1-8(9-4-2-3-5-11(9)16)18-13-12(15)10(14(19)20)6-7-17-13/h2-8H,1H3,(H,17,18)(H,19,20). The molecule has 6 heteroatoms. The number of halogens is 2. The van der Waals surface area contributed by atoms with Crippen LogP contribution in [0.15, 0.2) is 36.5 Å². The summed E-state index contributed by atoms with van der Waals surface area (Å²) in [4.78, 5) is 15.0. The minimum absolute atomic E-state index is 0.00295. The maximum Gasteiger partial charge on any atom is 0.337 e. The van der Waals surface area contributed by atoms with Crippen LogP contribution in [-0.4, -0.2) is 16.1 Å². The first-order valence-electron chi connectivity index (χ1n) is 5.89. The molecule has 0 fully saturated rings. The SMILES string of the molecule is CC(Nc1nccc(C(=O)O)c1Cl)c1ccccc1F. The third kappa shape index (κ3) is 2.88. The Morgan fingerprint density at radius 3 is 2.75 bits per heavy atom. The van der Waals surface area contributed by atoms with Crippen molar-refractivity contribution in [1.29, 1.82) is 0 Å². The Labute approximate surface area is 120 Å². The second kappa shape index (κ2) is 5.88. The lowest BCUT2D eigenvalue weighted by molar-refractivity contribution is 0.0697. The van der Waals surface area contributed by atoms with Gasteiger partial charge in [-0.25, -0.2) is 14.2 Å². The topological polar surface area (TPSA) is 62.2 Å². The van der Waals surface area contributed by atoms with Gasteiger partial charge in [0.1, 0.15) is 11.6 Å². The molecule has 0 radical (unpaired) electrons. The van der Waals surface area contributed by atoms with E-state index in [4.69, 9.17) is 16.7 Å². The maximum atomic E-state index is 13.7. The van der Waals surface area contributed by atoms with Crippen LogP contribution in [0.1, 0.15) is 28.9 Å².